The smallest absolute Gasteiger partial charge is 0.395 e. The molecule has 0 saturated heterocycles. The van der Waals surface area contributed by atoms with Gasteiger partial charge >= 0.3 is 6.18 Å². The van der Waals surface area contributed by atoms with Gasteiger partial charge < -0.3 is 10.0 Å². The van der Waals surface area contributed by atoms with E-state index in [4.69, 9.17) is 5.11 Å². The van der Waals surface area contributed by atoms with E-state index in [-0.39, 0.29) is 6.54 Å². The highest BCUT2D eigenvalue weighted by atomic mass is 32.1. The molecule has 0 spiro atoms. The highest BCUT2D eigenvalue weighted by molar-refractivity contribution is 7.12. The summed E-state index contributed by atoms with van der Waals surface area (Å²) in [5, 5.41) is 10.4. The normalized spacial score (nSPS) is 11.6. The Balaban J connectivity index is 2.89. The van der Waals surface area contributed by atoms with Crippen molar-refractivity contribution < 1.29 is 23.1 Å². The number of aliphatic hydroxyl groups excluding tert-OH is 1. The van der Waals surface area contributed by atoms with E-state index in [0.717, 1.165) is 16.9 Å². The molecule has 0 fully saturated rings. The molecule has 0 aliphatic heterocycles. The predicted molar refractivity (Wildman–Crippen MR) is 62.7 cm³/mol. The second-order valence-corrected chi connectivity index (χ2v) is 4.61. The molecule has 1 aromatic rings. The van der Waals surface area contributed by atoms with Gasteiger partial charge in [0, 0.05) is 6.54 Å². The van der Waals surface area contributed by atoms with Crippen molar-refractivity contribution in [2.45, 2.75) is 19.5 Å². The SMILES string of the molecule is CCc1ccsc1C(=O)N(CCO)CC(F)(F)F. The third-order valence-corrected chi connectivity index (χ3v) is 3.29. The van der Waals surface area contributed by atoms with Crippen LogP contribution in [0, 0.1) is 0 Å². The Morgan fingerprint density at radius 2 is 2.17 bits per heavy atom. The molecular formula is C11H14F3NO2S. The fraction of sp³-hybridized carbons (Fsp3) is 0.545. The topological polar surface area (TPSA) is 40.5 Å². The Labute approximate surface area is 107 Å². The summed E-state index contributed by atoms with van der Waals surface area (Å²) in [6.45, 7) is -0.319. The quantitative estimate of drug-likeness (QED) is 0.899. The van der Waals surface area contributed by atoms with Gasteiger partial charge in [-0.25, -0.2) is 0 Å². The van der Waals surface area contributed by atoms with Crippen LogP contribution in [0.4, 0.5) is 13.2 Å². The molecule has 0 aromatic carbocycles. The van der Waals surface area contributed by atoms with Crippen molar-refractivity contribution in [2.75, 3.05) is 19.7 Å². The second-order valence-electron chi connectivity index (χ2n) is 3.69. The number of carbonyl (C=O) groups excluding carboxylic acids is 1. The maximum absolute atomic E-state index is 12.3. The Kier molecular flexibility index (Phi) is 5.15. The van der Waals surface area contributed by atoms with Gasteiger partial charge in [0.05, 0.1) is 11.5 Å². The van der Waals surface area contributed by atoms with Crippen molar-refractivity contribution in [3.63, 3.8) is 0 Å². The lowest BCUT2D eigenvalue weighted by Crippen LogP contribution is -2.40. The number of amides is 1. The molecular weight excluding hydrogens is 267 g/mol. The van der Waals surface area contributed by atoms with Gasteiger partial charge in [0.15, 0.2) is 0 Å². The number of aryl methyl sites for hydroxylation is 1. The van der Waals surface area contributed by atoms with Crippen LogP contribution >= 0.6 is 11.3 Å². The monoisotopic (exact) mass is 281 g/mol. The van der Waals surface area contributed by atoms with Gasteiger partial charge in [-0.15, -0.1) is 11.3 Å². The number of nitrogens with zero attached hydrogens (tertiary/aromatic N) is 1. The number of hydrogen-bond donors (Lipinski definition) is 1. The molecule has 0 atom stereocenters. The van der Waals surface area contributed by atoms with E-state index in [1.807, 2.05) is 6.92 Å². The molecule has 1 rings (SSSR count). The summed E-state index contributed by atoms with van der Waals surface area (Å²) in [7, 11) is 0. The molecule has 1 aromatic heterocycles. The molecule has 0 saturated carbocycles. The average molecular weight is 281 g/mol. The summed E-state index contributed by atoms with van der Waals surface area (Å²) in [5.74, 6) is -0.673. The van der Waals surface area contributed by atoms with Crippen LogP contribution in [0.15, 0.2) is 11.4 Å². The molecule has 18 heavy (non-hydrogen) atoms. The summed E-state index contributed by atoms with van der Waals surface area (Å²) in [6, 6.07) is 1.72. The standard InChI is InChI=1S/C11H14F3NO2S/c1-2-8-3-6-18-9(8)10(17)15(4-5-16)7-11(12,13)14/h3,6,16H,2,4-5,7H2,1H3. The van der Waals surface area contributed by atoms with Crippen LogP contribution in [0.25, 0.3) is 0 Å². The summed E-state index contributed by atoms with van der Waals surface area (Å²) >= 11 is 1.12. The molecule has 0 aliphatic carbocycles. The van der Waals surface area contributed by atoms with Crippen molar-refractivity contribution in [1.29, 1.82) is 0 Å². The maximum Gasteiger partial charge on any atom is 0.406 e. The number of thiophene rings is 1. The van der Waals surface area contributed by atoms with Crippen LogP contribution in [-0.2, 0) is 6.42 Å². The molecule has 0 unspecified atom stereocenters. The fourth-order valence-electron chi connectivity index (χ4n) is 1.53. The maximum atomic E-state index is 12.3. The number of rotatable bonds is 5. The van der Waals surface area contributed by atoms with Crippen LogP contribution < -0.4 is 0 Å². The van der Waals surface area contributed by atoms with Crippen LogP contribution in [0.3, 0.4) is 0 Å². The van der Waals surface area contributed by atoms with E-state index in [1.54, 1.807) is 11.4 Å². The van der Waals surface area contributed by atoms with Gasteiger partial charge in [0.2, 0.25) is 0 Å². The third kappa shape index (κ3) is 3.99. The van der Waals surface area contributed by atoms with Gasteiger partial charge in [-0.2, -0.15) is 13.2 Å². The first-order valence-electron chi connectivity index (χ1n) is 5.42. The van der Waals surface area contributed by atoms with E-state index in [0.29, 0.717) is 16.2 Å². The lowest BCUT2D eigenvalue weighted by molar-refractivity contribution is -0.141. The largest absolute Gasteiger partial charge is 0.406 e. The van der Waals surface area contributed by atoms with Gasteiger partial charge in [-0.1, -0.05) is 6.92 Å². The van der Waals surface area contributed by atoms with E-state index in [2.05, 4.69) is 0 Å². The van der Waals surface area contributed by atoms with Gasteiger partial charge in [-0.3, -0.25) is 4.79 Å². The van der Waals surface area contributed by atoms with E-state index >= 15 is 0 Å². The lowest BCUT2D eigenvalue weighted by atomic mass is 10.2. The summed E-state index contributed by atoms with van der Waals surface area (Å²) in [6.07, 6.45) is -3.88. The second kappa shape index (κ2) is 6.19. The molecule has 1 heterocycles. The number of carbonyl (C=O) groups is 1. The van der Waals surface area contributed by atoms with Crippen molar-refractivity contribution in [3.05, 3.63) is 21.9 Å². The predicted octanol–water partition coefficient (Wildman–Crippen LogP) is 2.31. The van der Waals surface area contributed by atoms with Crippen molar-refractivity contribution >= 4 is 17.2 Å². The molecule has 0 radical (unpaired) electrons. The minimum atomic E-state index is -4.46. The summed E-state index contributed by atoms with van der Waals surface area (Å²) in [4.78, 5) is 12.9. The first-order chi connectivity index (χ1) is 8.39. The third-order valence-electron chi connectivity index (χ3n) is 2.35. The molecule has 0 aliphatic rings. The number of alkyl halides is 3. The molecule has 1 amide bonds. The Morgan fingerprint density at radius 3 is 2.67 bits per heavy atom. The highest BCUT2D eigenvalue weighted by Gasteiger charge is 2.33. The Bertz CT molecular complexity index is 403. The average Bonchev–Trinajstić information content (AvgIpc) is 2.73. The summed E-state index contributed by atoms with van der Waals surface area (Å²) in [5.41, 5.74) is 0.732. The molecule has 0 bridgehead atoms. The van der Waals surface area contributed by atoms with E-state index < -0.39 is 25.2 Å². The van der Waals surface area contributed by atoms with Crippen molar-refractivity contribution in [2.24, 2.45) is 0 Å². The van der Waals surface area contributed by atoms with Crippen LogP contribution in [-0.4, -0.2) is 41.8 Å². The van der Waals surface area contributed by atoms with Gasteiger partial charge in [-0.05, 0) is 23.4 Å². The van der Waals surface area contributed by atoms with Gasteiger partial charge in [0.25, 0.3) is 5.91 Å². The first-order valence-corrected chi connectivity index (χ1v) is 6.30. The molecule has 7 heteroatoms. The zero-order valence-corrected chi connectivity index (χ0v) is 10.6. The van der Waals surface area contributed by atoms with Gasteiger partial charge in [0.1, 0.15) is 6.54 Å². The summed E-state index contributed by atoms with van der Waals surface area (Å²) < 4.78 is 37.0. The minimum absolute atomic E-state index is 0.315. The zero-order valence-electron chi connectivity index (χ0n) is 9.83. The lowest BCUT2D eigenvalue weighted by Gasteiger charge is -2.23. The number of hydrogen-bond acceptors (Lipinski definition) is 3. The zero-order chi connectivity index (χ0) is 13.8. The molecule has 3 nitrogen and oxygen atoms in total. The molecule has 102 valence electrons. The molecule has 1 N–H and O–H groups in total. The van der Waals surface area contributed by atoms with Crippen molar-refractivity contribution in [3.8, 4) is 0 Å². The van der Waals surface area contributed by atoms with Crippen LogP contribution in [0.1, 0.15) is 22.2 Å². The first kappa shape index (κ1) is 15.0. The Hall–Kier alpha value is -1.08. The fourth-order valence-corrected chi connectivity index (χ4v) is 2.50. The van der Waals surface area contributed by atoms with E-state index in [9.17, 15) is 18.0 Å². The Morgan fingerprint density at radius 1 is 1.50 bits per heavy atom. The number of aliphatic hydroxyl groups is 1. The van der Waals surface area contributed by atoms with Crippen molar-refractivity contribution in [1.82, 2.24) is 4.90 Å². The highest BCUT2D eigenvalue weighted by Crippen LogP contribution is 2.22. The minimum Gasteiger partial charge on any atom is -0.395 e. The van der Waals surface area contributed by atoms with Crippen LogP contribution in [0.5, 0.6) is 0 Å². The van der Waals surface area contributed by atoms with E-state index in [1.165, 1.54) is 0 Å². The van der Waals surface area contributed by atoms with Crippen LogP contribution in [0.2, 0.25) is 0 Å². The number of halogens is 3.